The number of aromatic nitrogens is 1. The maximum atomic E-state index is 9.17. The van der Waals surface area contributed by atoms with E-state index in [1.54, 1.807) is 24.3 Å². The summed E-state index contributed by atoms with van der Waals surface area (Å²) in [5, 5.41) is 0. The van der Waals surface area contributed by atoms with Crippen LogP contribution in [0.25, 0.3) is 11.3 Å². The molecule has 0 N–H and O–H groups in total. The van der Waals surface area contributed by atoms with Gasteiger partial charge < -0.3 is 4.74 Å². The van der Waals surface area contributed by atoms with Crippen molar-refractivity contribution in [2.24, 2.45) is 7.05 Å². The number of pyridine rings is 1. The average molecular weight is 361 g/mol. The molecule has 0 unspecified atom stereocenters. The van der Waals surface area contributed by atoms with Gasteiger partial charge in [-0.05, 0) is 29.7 Å². The number of nitrogens with zero attached hydrogens (tertiary/aromatic N) is 1. The maximum Gasteiger partial charge on any atom is 0.216 e. The average Bonchev–Trinajstić information content (AvgIpc) is 3.04. The fourth-order valence-electron chi connectivity index (χ4n) is 4.33. The lowest BCUT2D eigenvalue weighted by atomic mass is 9.70. The van der Waals surface area contributed by atoms with Crippen molar-refractivity contribution in [2.45, 2.75) is 44.5 Å². The zero-order valence-electron chi connectivity index (χ0n) is 20.1. The highest BCUT2D eigenvalue weighted by molar-refractivity contribution is 5.74. The van der Waals surface area contributed by atoms with E-state index in [-0.39, 0.29) is 0 Å². The highest BCUT2D eigenvalue weighted by Gasteiger charge is 2.57. The van der Waals surface area contributed by atoms with Crippen LogP contribution in [-0.4, -0.2) is 5.60 Å². The Morgan fingerprint density at radius 2 is 1.63 bits per heavy atom. The fourth-order valence-corrected chi connectivity index (χ4v) is 4.33. The minimum atomic E-state index is -2.03. The molecule has 136 valence electrons. The van der Waals surface area contributed by atoms with Crippen LogP contribution in [0.5, 0.6) is 5.75 Å². The second-order valence-electron chi connectivity index (χ2n) is 8.03. The van der Waals surface area contributed by atoms with Crippen molar-refractivity contribution in [3.05, 3.63) is 83.0 Å². The van der Waals surface area contributed by atoms with E-state index in [4.69, 9.17) is 10.2 Å². The first-order valence-electron chi connectivity index (χ1n) is 11.4. The molecule has 2 aromatic carbocycles. The summed E-state index contributed by atoms with van der Waals surface area (Å²) in [6.45, 7) is 5.83. The third-order valence-electron chi connectivity index (χ3n) is 6.03. The lowest BCUT2D eigenvalue weighted by molar-refractivity contribution is -0.660. The van der Waals surface area contributed by atoms with Gasteiger partial charge in [0, 0.05) is 41.3 Å². The molecule has 2 heterocycles. The SMILES string of the molecule is [2H]C1([2H])c2ccccc2C([2H])([2H])C12Oc1c(ccc(C)c1-c1cccc[n+]1C)C2(C)C. The number of ether oxygens (including phenoxy) is 1. The lowest BCUT2D eigenvalue weighted by Gasteiger charge is -2.37. The Hall–Kier alpha value is -2.61. The van der Waals surface area contributed by atoms with Gasteiger partial charge in [0.1, 0.15) is 18.4 Å². The van der Waals surface area contributed by atoms with Crippen LogP contribution in [0.1, 0.15) is 41.6 Å². The Labute approximate surface area is 167 Å². The Bertz CT molecular complexity index is 1200. The molecule has 2 nitrogen and oxygen atoms in total. The summed E-state index contributed by atoms with van der Waals surface area (Å²) in [4.78, 5) is 0. The van der Waals surface area contributed by atoms with Gasteiger partial charge in [-0.3, -0.25) is 0 Å². The Kier molecular flexibility index (Phi) is 2.57. The van der Waals surface area contributed by atoms with E-state index in [1.165, 1.54) is 0 Å². The normalized spacial score (nSPS) is 24.1. The molecule has 0 amide bonds. The predicted molar refractivity (Wildman–Crippen MR) is 108 cm³/mol. The van der Waals surface area contributed by atoms with E-state index < -0.39 is 23.8 Å². The van der Waals surface area contributed by atoms with Gasteiger partial charge in [-0.15, -0.1) is 0 Å². The smallest absolute Gasteiger partial charge is 0.216 e. The maximum absolute atomic E-state index is 9.17. The number of aryl methyl sites for hydroxylation is 2. The van der Waals surface area contributed by atoms with Crippen LogP contribution in [0.4, 0.5) is 0 Å². The number of benzene rings is 2. The first-order valence-corrected chi connectivity index (χ1v) is 9.36. The Balaban J connectivity index is 1.84. The molecule has 1 aliphatic heterocycles. The zero-order valence-corrected chi connectivity index (χ0v) is 16.1. The van der Waals surface area contributed by atoms with Gasteiger partial charge in [0.15, 0.2) is 6.20 Å². The van der Waals surface area contributed by atoms with Gasteiger partial charge in [-0.25, -0.2) is 4.57 Å². The molecule has 5 rings (SSSR count). The van der Waals surface area contributed by atoms with Crippen molar-refractivity contribution >= 4 is 0 Å². The summed E-state index contributed by atoms with van der Waals surface area (Å²) in [6.07, 6.45) is -2.09. The third kappa shape index (κ3) is 2.16. The molecular weight excluding hydrogens is 330 g/mol. The second kappa shape index (κ2) is 5.45. The van der Waals surface area contributed by atoms with Crippen molar-refractivity contribution in [3.63, 3.8) is 0 Å². The highest BCUT2D eigenvalue weighted by Crippen LogP contribution is 2.57. The lowest BCUT2D eigenvalue weighted by Crippen LogP contribution is -2.48. The number of hydrogen-bond donors (Lipinski definition) is 0. The summed E-state index contributed by atoms with van der Waals surface area (Å²) >= 11 is 0. The quantitative estimate of drug-likeness (QED) is 0.574. The predicted octanol–water partition coefficient (Wildman–Crippen LogP) is 4.69. The number of rotatable bonds is 1. The van der Waals surface area contributed by atoms with E-state index in [1.807, 2.05) is 68.9 Å². The Morgan fingerprint density at radius 3 is 2.30 bits per heavy atom. The molecule has 0 radical (unpaired) electrons. The summed E-state index contributed by atoms with van der Waals surface area (Å²) in [5.74, 6) is 0.576. The molecule has 0 fully saturated rings. The van der Waals surface area contributed by atoms with Crippen LogP contribution in [0, 0.1) is 6.92 Å². The molecule has 2 heteroatoms. The molecule has 1 spiro atoms. The van der Waals surface area contributed by atoms with Crippen molar-refractivity contribution in [2.75, 3.05) is 0 Å². The minimum absolute atomic E-state index is 0.365. The van der Waals surface area contributed by atoms with Crippen LogP contribution >= 0.6 is 0 Å². The zero-order chi connectivity index (χ0) is 22.4. The van der Waals surface area contributed by atoms with Crippen LogP contribution in [0.2, 0.25) is 0 Å². The first-order chi connectivity index (χ1) is 14.5. The van der Waals surface area contributed by atoms with Crippen molar-refractivity contribution in [3.8, 4) is 17.0 Å². The molecule has 3 aromatic rings. The van der Waals surface area contributed by atoms with E-state index in [9.17, 15) is 0 Å². The van der Waals surface area contributed by atoms with Crippen molar-refractivity contribution < 1.29 is 14.8 Å². The van der Waals surface area contributed by atoms with Crippen molar-refractivity contribution in [1.82, 2.24) is 0 Å². The first kappa shape index (κ1) is 12.7. The van der Waals surface area contributed by atoms with Gasteiger partial charge >= 0.3 is 0 Å². The van der Waals surface area contributed by atoms with Gasteiger partial charge in [0.2, 0.25) is 5.69 Å². The molecule has 27 heavy (non-hydrogen) atoms. The molecule has 2 aliphatic rings. The Morgan fingerprint density at radius 1 is 0.963 bits per heavy atom. The molecule has 0 atom stereocenters. The minimum Gasteiger partial charge on any atom is -0.484 e. The van der Waals surface area contributed by atoms with Crippen LogP contribution in [0.3, 0.4) is 0 Å². The van der Waals surface area contributed by atoms with Gasteiger partial charge in [-0.2, -0.15) is 0 Å². The van der Waals surface area contributed by atoms with E-state index in [0.717, 1.165) is 22.4 Å². The monoisotopic (exact) mass is 360 g/mol. The topological polar surface area (TPSA) is 13.1 Å². The summed E-state index contributed by atoms with van der Waals surface area (Å²) in [6, 6.07) is 16.8. The molecule has 0 saturated carbocycles. The summed E-state index contributed by atoms with van der Waals surface area (Å²) < 4.78 is 45.3. The van der Waals surface area contributed by atoms with E-state index >= 15 is 0 Å². The van der Waals surface area contributed by atoms with Crippen molar-refractivity contribution in [1.29, 1.82) is 0 Å². The summed E-state index contributed by atoms with van der Waals surface area (Å²) in [7, 11) is 1.97. The van der Waals surface area contributed by atoms with Crippen LogP contribution in [-0.2, 0) is 25.2 Å². The highest BCUT2D eigenvalue weighted by atomic mass is 16.5. The molecule has 1 aliphatic carbocycles. The molecule has 0 bridgehead atoms. The largest absolute Gasteiger partial charge is 0.484 e. The molecule has 0 saturated heterocycles. The fraction of sp³-hybridized carbons (Fsp3) is 0.320. The second-order valence-corrected chi connectivity index (χ2v) is 8.03. The van der Waals surface area contributed by atoms with Crippen LogP contribution in [0.15, 0.2) is 60.8 Å². The van der Waals surface area contributed by atoms with Gasteiger partial charge in [0.25, 0.3) is 0 Å². The van der Waals surface area contributed by atoms with Crippen LogP contribution < -0.4 is 9.30 Å². The third-order valence-corrected chi connectivity index (χ3v) is 6.03. The summed E-state index contributed by atoms with van der Waals surface area (Å²) in [5.41, 5.74) is 1.73. The van der Waals surface area contributed by atoms with E-state index in [0.29, 0.717) is 16.9 Å². The standard InChI is InChI=1S/C25H26NO/c1-17-12-13-20-23(22(17)21-11-7-8-14-26(21)4)27-25(24(20,2)3)15-18-9-5-6-10-19(18)16-25/h5-14H,15-16H2,1-4H3/q+1/i15D2,16D2. The molecular formula is C25H26NO+. The van der Waals surface area contributed by atoms with Gasteiger partial charge in [0.05, 0.1) is 5.56 Å². The number of fused-ring (bicyclic) bond motifs is 2. The number of hydrogen-bond acceptors (Lipinski definition) is 1. The van der Waals surface area contributed by atoms with E-state index in [2.05, 4.69) is 0 Å². The molecule has 1 aromatic heterocycles. The van der Waals surface area contributed by atoms with Gasteiger partial charge in [-0.1, -0.05) is 50.2 Å².